The number of aliphatic carboxylic acids is 1. The van der Waals surface area contributed by atoms with Crippen molar-refractivity contribution in [3.8, 4) is 0 Å². The van der Waals surface area contributed by atoms with Crippen LogP contribution in [0.3, 0.4) is 0 Å². The SMILES string of the molecule is CC(C)(SC1CCCCNC1=O)C(=O)O. The summed E-state index contributed by atoms with van der Waals surface area (Å²) in [6.07, 6.45) is 2.73. The van der Waals surface area contributed by atoms with Gasteiger partial charge < -0.3 is 10.4 Å². The van der Waals surface area contributed by atoms with Crippen LogP contribution in [0.15, 0.2) is 0 Å². The molecular formula is C10H17NO3S. The molecule has 5 heteroatoms. The molecule has 1 amide bonds. The first kappa shape index (κ1) is 12.4. The normalized spacial score (nSPS) is 23.1. The molecule has 1 saturated heterocycles. The van der Waals surface area contributed by atoms with E-state index in [4.69, 9.17) is 5.11 Å². The van der Waals surface area contributed by atoms with Gasteiger partial charge in [-0.2, -0.15) is 0 Å². The molecule has 0 aromatic carbocycles. The number of rotatable bonds is 3. The Kier molecular flexibility index (Phi) is 4.02. The largest absolute Gasteiger partial charge is 0.480 e. The Morgan fingerprint density at radius 2 is 2.20 bits per heavy atom. The van der Waals surface area contributed by atoms with E-state index in [0.29, 0.717) is 6.54 Å². The van der Waals surface area contributed by atoms with Gasteiger partial charge in [0.15, 0.2) is 0 Å². The number of nitrogens with one attached hydrogen (secondary N) is 1. The fraction of sp³-hybridized carbons (Fsp3) is 0.800. The van der Waals surface area contributed by atoms with Gasteiger partial charge in [-0.15, -0.1) is 11.8 Å². The zero-order valence-electron chi connectivity index (χ0n) is 9.08. The molecule has 86 valence electrons. The average Bonchev–Trinajstić information content (AvgIpc) is 2.31. The molecule has 15 heavy (non-hydrogen) atoms. The highest BCUT2D eigenvalue weighted by Gasteiger charge is 2.34. The molecule has 0 aromatic heterocycles. The lowest BCUT2D eigenvalue weighted by Crippen LogP contribution is -2.37. The summed E-state index contributed by atoms with van der Waals surface area (Å²) in [7, 11) is 0. The third-order valence-corrected chi connectivity index (χ3v) is 3.93. The Bertz CT molecular complexity index is 265. The molecule has 1 heterocycles. The summed E-state index contributed by atoms with van der Waals surface area (Å²) in [6.45, 7) is 3.99. The lowest BCUT2D eigenvalue weighted by Gasteiger charge is -2.23. The molecule has 0 radical (unpaired) electrons. The number of carboxylic acid groups (broad SMARTS) is 1. The van der Waals surface area contributed by atoms with E-state index in [0.717, 1.165) is 19.3 Å². The zero-order valence-corrected chi connectivity index (χ0v) is 9.89. The van der Waals surface area contributed by atoms with Crippen LogP contribution >= 0.6 is 11.8 Å². The highest BCUT2D eigenvalue weighted by molar-refractivity contribution is 8.02. The van der Waals surface area contributed by atoms with Crippen molar-refractivity contribution in [2.75, 3.05) is 6.54 Å². The number of amides is 1. The van der Waals surface area contributed by atoms with E-state index in [1.54, 1.807) is 13.8 Å². The smallest absolute Gasteiger partial charge is 0.319 e. The maximum atomic E-state index is 11.6. The van der Waals surface area contributed by atoms with Crippen molar-refractivity contribution >= 4 is 23.6 Å². The Morgan fingerprint density at radius 3 is 2.80 bits per heavy atom. The second-order valence-corrected chi connectivity index (χ2v) is 6.03. The molecular weight excluding hydrogens is 214 g/mol. The minimum Gasteiger partial charge on any atom is -0.480 e. The minimum atomic E-state index is -0.896. The molecule has 1 fully saturated rings. The van der Waals surface area contributed by atoms with Crippen LogP contribution in [-0.2, 0) is 9.59 Å². The van der Waals surface area contributed by atoms with E-state index in [2.05, 4.69) is 5.32 Å². The summed E-state index contributed by atoms with van der Waals surface area (Å²) in [5.74, 6) is -0.892. The van der Waals surface area contributed by atoms with E-state index in [1.165, 1.54) is 11.8 Å². The topological polar surface area (TPSA) is 66.4 Å². The first-order valence-corrected chi connectivity index (χ1v) is 6.00. The number of carbonyl (C=O) groups is 2. The standard InChI is InChI=1S/C10H17NO3S/c1-10(2,9(13)14)15-7-5-3-4-6-11-8(7)12/h7H,3-6H2,1-2H3,(H,11,12)(H,13,14). The van der Waals surface area contributed by atoms with Crippen LogP contribution in [0, 0.1) is 0 Å². The van der Waals surface area contributed by atoms with Gasteiger partial charge in [-0.25, -0.2) is 0 Å². The second kappa shape index (κ2) is 4.88. The Morgan fingerprint density at radius 1 is 1.53 bits per heavy atom. The third kappa shape index (κ3) is 3.41. The lowest BCUT2D eigenvalue weighted by molar-refractivity contribution is -0.138. The van der Waals surface area contributed by atoms with Crippen LogP contribution in [0.5, 0.6) is 0 Å². The monoisotopic (exact) mass is 231 g/mol. The summed E-state index contributed by atoms with van der Waals surface area (Å²) in [4.78, 5) is 22.5. The fourth-order valence-electron chi connectivity index (χ4n) is 1.43. The van der Waals surface area contributed by atoms with E-state index in [1.807, 2.05) is 0 Å². The molecule has 2 N–H and O–H groups in total. The van der Waals surface area contributed by atoms with Crippen LogP contribution in [0.25, 0.3) is 0 Å². The first-order chi connectivity index (χ1) is 6.93. The zero-order chi connectivity index (χ0) is 11.5. The number of carbonyl (C=O) groups excluding carboxylic acids is 1. The lowest BCUT2D eigenvalue weighted by atomic mass is 10.2. The van der Waals surface area contributed by atoms with Gasteiger partial charge in [-0.05, 0) is 26.7 Å². The van der Waals surface area contributed by atoms with Gasteiger partial charge in [0.25, 0.3) is 0 Å². The summed E-state index contributed by atoms with van der Waals surface area (Å²) in [6, 6.07) is 0. The summed E-state index contributed by atoms with van der Waals surface area (Å²) in [5, 5.41) is 11.6. The van der Waals surface area contributed by atoms with Gasteiger partial charge in [-0.1, -0.05) is 6.42 Å². The summed E-state index contributed by atoms with van der Waals surface area (Å²) < 4.78 is -0.896. The highest BCUT2D eigenvalue weighted by Crippen LogP contribution is 2.32. The van der Waals surface area contributed by atoms with Crippen LogP contribution in [0.2, 0.25) is 0 Å². The number of hydrogen-bond acceptors (Lipinski definition) is 3. The van der Waals surface area contributed by atoms with Crippen LogP contribution in [0.4, 0.5) is 0 Å². The van der Waals surface area contributed by atoms with Crippen molar-refractivity contribution in [2.45, 2.75) is 43.1 Å². The Balaban J connectivity index is 2.62. The molecule has 0 aliphatic carbocycles. The Hall–Kier alpha value is -0.710. The maximum absolute atomic E-state index is 11.6. The molecule has 0 aromatic rings. The summed E-state index contributed by atoms with van der Waals surface area (Å²) >= 11 is 1.24. The minimum absolute atomic E-state index is 0.0215. The molecule has 0 saturated carbocycles. The maximum Gasteiger partial charge on any atom is 0.319 e. The van der Waals surface area contributed by atoms with Gasteiger partial charge in [-0.3, -0.25) is 9.59 Å². The van der Waals surface area contributed by atoms with Gasteiger partial charge in [0.05, 0.1) is 5.25 Å². The van der Waals surface area contributed by atoms with Gasteiger partial charge in [0.2, 0.25) is 5.91 Å². The molecule has 0 spiro atoms. The van der Waals surface area contributed by atoms with E-state index in [-0.39, 0.29) is 11.2 Å². The van der Waals surface area contributed by atoms with Gasteiger partial charge in [0, 0.05) is 6.54 Å². The molecule has 0 bridgehead atoms. The quantitative estimate of drug-likeness (QED) is 0.767. The molecule has 1 rings (SSSR count). The van der Waals surface area contributed by atoms with Gasteiger partial charge >= 0.3 is 5.97 Å². The van der Waals surface area contributed by atoms with Crippen molar-refractivity contribution in [3.63, 3.8) is 0 Å². The predicted molar refractivity (Wildman–Crippen MR) is 60.0 cm³/mol. The molecule has 1 aliphatic heterocycles. The number of thioether (sulfide) groups is 1. The van der Waals surface area contributed by atoms with E-state index in [9.17, 15) is 9.59 Å². The van der Waals surface area contributed by atoms with E-state index < -0.39 is 10.7 Å². The number of carboxylic acids is 1. The van der Waals surface area contributed by atoms with Crippen LogP contribution in [0.1, 0.15) is 33.1 Å². The van der Waals surface area contributed by atoms with Crippen molar-refractivity contribution in [3.05, 3.63) is 0 Å². The van der Waals surface area contributed by atoms with Crippen molar-refractivity contribution < 1.29 is 14.7 Å². The predicted octanol–water partition coefficient (Wildman–Crippen LogP) is 1.25. The van der Waals surface area contributed by atoms with E-state index >= 15 is 0 Å². The second-order valence-electron chi connectivity index (χ2n) is 4.21. The van der Waals surface area contributed by atoms with Gasteiger partial charge in [0.1, 0.15) is 4.75 Å². The molecule has 4 nitrogen and oxygen atoms in total. The van der Waals surface area contributed by atoms with Crippen molar-refractivity contribution in [1.82, 2.24) is 5.32 Å². The fourth-order valence-corrected chi connectivity index (χ4v) is 2.72. The van der Waals surface area contributed by atoms with Crippen LogP contribution in [-0.4, -0.2) is 33.5 Å². The summed E-state index contributed by atoms with van der Waals surface area (Å²) in [5.41, 5.74) is 0. The average molecular weight is 231 g/mol. The molecule has 1 aliphatic rings. The third-order valence-electron chi connectivity index (χ3n) is 2.44. The number of hydrogen-bond donors (Lipinski definition) is 2. The van der Waals surface area contributed by atoms with Crippen molar-refractivity contribution in [1.29, 1.82) is 0 Å². The van der Waals surface area contributed by atoms with Crippen LogP contribution < -0.4 is 5.32 Å². The first-order valence-electron chi connectivity index (χ1n) is 5.12. The van der Waals surface area contributed by atoms with Crippen molar-refractivity contribution in [2.24, 2.45) is 0 Å². The Labute approximate surface area is 93.8 Å². The molecule has 1 unspecified atom stereocenters. The molecule has 1 atom stereocenters. The highest BCUT2D eigenvalue weighted by atomic mass is 32.2.